The topological polar surface area (TPSA) is 237 Å². The molecule has 0 heterocycles. The molecule has 588 valence electrons. The average molecular weight is 1450 g/mol. The van der Waals surface area contributed by atoms with Gasteiger partial charge in [-0.25, -0.2) is 9.13 Å². The second-order valence-corrected chi connectivity index (χ2v) is 31.7. The molecule has 19 heteroatoms. The van der Waals surface area contributed by atoms with Crippen LogP contribution in [0.25, 0.3) is 0 Å². The first kappa shape index (κ1) is 97.1. The predicted molar refractivity (Wildman–Crippen MR) is 405 cm³/mol. The van der Waals surface area contributed by atoms with Crippen molar-refractivity contribution in [1.82, 2.24) is 0 Å². The molecule has 0 radical (unpaired) electrons. The maximum atomic E-state index is 13.1. The fourth-order valence-electron chi connectivity index (χ4n) is 12.5. The number of phosphoric ester groups is 2. The molecule has 2 unspecified atom stereocenters. The zero-order chi connectivity index (χ0) is 72.5. The highest BCUT2D eigenvalue weighted by Crippen LogP contribution is 2.45. The molecule has 17 nitrogen and oxygen atoms in total. The van der Waals surface area contributed by atoms with Crippen molar-refractivity contribution in [2.75, 3.05) is 39.6 Å². The van der Waals surface area contributed by atoms with Crippen molar-refractivity contribution in [3.63, 3.8) is 0 Å². The minimum Gasteiger partial charge on any atom is -0.462 e. The summed E-state index contributed by atoms with van der Waals surface area (Å²) in [6.07, 6.45) is 66.6. The van der Waals surface area contributed by atoms with Crippen molar-refractivity contribution in [1.29, 1.82) is 0 Å². The molecule has 0 saturated carbocycles. The van der Waals surface area contributed by atoms with E-state index in [-0.39, 0.29) is 25.7 Å². The lowest BCUT2D eigenvalue weighted by Crippen LogP contribution is -2.30. The summed E-state index contributed by atoms with van der Waals surface area (Å²) in [5.41, 5.74) is 0. The number of hydrogen-bond donors (Lipinski definition) is 3. The molecule has 0 aromatic heterocycles. The van der Waals surface area contributed by atoms with Gasteiger partial charge in [-0.2, -0.15) is 0 Å². The van der Waals surface area contributed by atoms with Crippen LogP contribution in [0.3, 0.4) is 0 Å². The highest BCUT2D eigenvalue weighted by Gasteiger charge is 2.30. The van der Waals surface area contributed by atoms with E-state index >= 15 is 0 Å². The molecule has 0 aromatic carbocycles. The molecule has 0 rings (SSSR count). The number of phosphoric acid groups is 2. The Labute approximate surface area is 607 Å². The molecule has 0 amide bonds. The van der Waals surface area contributed by atoms with Gasteiger partial charge in [-0.1, -0.05) is 381 Å². The maximum absolute atomic E-state index is 13.1. The van der Waals surface area contributed by atoms with Crippen LogP contribution in [0, 0.1) is 0 Å². The van der Waals surface area contributed by atoms with Crippen molar-refractivity contribution in [2.24, 2.45) is 0 Å². The van der Waals surface area contributed by atoms with Crippen LogP contribution in [0.5, 0.6) is 0 Å². The number of hydrogen-bond acceptors (Lipinski definition) is 15. The van der Waals surface area contributed by atoms with E-state index in [9.17, 15) is 43.2 Å². The van der Waals surface area contributed by atoms with Gasteiger partial charge in [0.25, 0.3) is 0 Å². The number of ether oxygens (including phenoxy) is 4. The van der Waals surface area contributed by atoms with Crippen molar-refractivity contribution >= 4 is 39.5 Å². The van der Waals surface area contributed by atoms with Gasteiger partial charge in [-0.15, -0.1) is 0 Å². The smallest absolute Gasteiger partial charge is 0.462 e. The van der Waals surface area contributed by atoms with Gasteiger partial charge >= 0.3 is 39.5 Å². The molecule has 0 bridgehead atoms. The van der Waals surface area contributed by atoms with Gasteiger partial charge in [-0.05, 0) is 25.7 Å². The predicted octanol–water partition coefficient (Wildman–Crippen LogP) is 24.2. The Bertz CT molecular complexity index is 1880. The van der Waals surface area contributed by atoms with Gasteiger partial charge < -0.3 is 33.8 Å². The van der Waals surface area contributed by atoms with E-state index < -0.39 is 97.5 Å². The molecule has 0 aromatic rings. The lowest BCUT2D eigenvalue weighted by molar-refractivity contribution is -0.161. The first-order valence-corrected chi connectivity index (χ1v) is 44.8. The molecule has 0 aliphatic heterocycles. The van der Waals surface area contributed by atoms with Crippen LogP contribution in [0.4, 0.5) is 0 Å². The first-order chi connectivity index (χ1) is 48.2. The van der Waals surface area contributed by atoms with E-state index in [1.165, 1.54) is 263 Å². The zero-order valence-electron chi connectivity index (χ0n) is 64.5. The number of unbranched alkanes of at least 4 members (excludes halogenated alkanes) is 55. The van der Waals surface area contributed by atoms with Gasteiger partial charge in [0.1, 0.15) is 19.3 Å². The summed E-state index contributed by atoms with van der Waals surface area (Å²) in [6.45, 7) is 5.00. The molecule has 99 heavy (non-hydrogen) atoms. The van der Waals surface area contributed by atoms with Crippen LogP contribution in [0.1, 0.15) is 432 Å². The van der Waals surface area contributed by atoms with E-state index in [4.69, 9.17) is 37.0 Å². The highest BCUT2D eigenvalue weighted by atomic mass is 31.2. The number of rotatable bonds is 81. The van der Waals surface area contributed by atoms with E-state index in [0.717, 1.165) is 89.9 Å². The Balaban J connectivity index is 5.19. The largest absolute Gasteiger partial charge is 0.472 e. The summed E-state index contributed by atoms with van der Waals surface area (Å²) in [5, 5.41) is 10.6. The Hall–Kier alpha value is -1.94. The minimum atomic E-state index is -4.96. The molecule has 0 aliphatic carbocycles. The fourth-order valence-corrected chi connectivity index (χ4v) is 14.0. The molecule has 0 aliphatic rings. The van der Waals surface area contributed by atoms with Gasteiger partial charge in [0, 0.05) is 25.7 Å². The second-order valence-electron chi connectivity index (χ2n) is 28.8. The second kappa shape index (κ2) is 74.3. The Morgan fingerprint density at radius 1 is 0.242 bits per heavy atom. The minimum absolute atomic E-state index is 0.108. The van der Waals surface area contributed by atoms with Gasteiger partial charge in [0.2, 0.25) is 0 Å². The SMILES string of the molecule is CCCCCCCCCCCCCCCCCCCCCCCC(=O)O[C@H](COC(=O)CCCCCCCCCCCCCCCCCCC)COP(=O)(O)OC[C@@H](O)COP(=O)(O)OC[C@@H](COC(=O)CCCCCCCCCCCC)OC(=O)CCCCCCCCCCCCC. The average Bonchev–Trinajstić information content (AvgIpc) is 1.02. The van der Waals surface area contributed by atoms with Crippen LogP contribution >= 0.6 is 15.6 Å². The third-order valence-electron chi connectivity index (χ3n) is 18.9. The summed E-state index contributed by atoms with van der Waals surface area (Å²) >= 11 is 0. The standard InChI is InChI=1S/C80H156O17P2/c1-5-9-13-17-21-25-29-31-33-35-36-37-38-40-42-44-47-51-55-59-63-67-80(85)97-76(71-91-78(83)65-61-57-53-49-46-43-41-39-34-32-30-26-22-18-14-10-6-2)73-95-99(88,89)93-69-74(81)68-92-98(86,87)94-72-75(70-90-77(82)64-60-56-52-48-28-24-20-16-12-8-4)96-79(84)66-62-58-54-50-45-27-23-19-15-11-7-3/h74-76,81H,5-73H2,1-4H3,(H,86,87)(H,88,89)/t74-,75+,76+/m0/s1. The van der Waals surface area contributed by atoms with E-state index in [1.807, 2.05) is 0 Å². The number of esters is 4. The summed E-state index contributed by atoms with van der Waals surface area (Å²) in [6, 6.07) is 0. The van der Waals surface area contributed by atoms with E-state index in [2.05, 4.69) is 27.7 Å². The molecular formula is C80H156O17P2. The Morgan fingerprint density at radius 2 is 0.404 bits per heavy atom. The summed E-state index contributed by atoms with van der Waals surface area (Å²) < 4.78 is 68.6. The van der Waals surface area contributed by atoms with Crippen LogP contribution in [0.15, 0.2) is 0 Å². The van der Waals surface area contributed by atoms with Crippen molar-refractivity contribution in [3.05, 3.63) is 0 Å². The number of aliphatic hydroxyl groups excluding tert-OH is 1. The third kappa shape index (κ3) is 74.1. The normalized spacial score (nSPS) is 13.8. The Kier molecular flexibility index (Phi) is 72.9. The lowest BCUT2D eigenvalue weighted by atomic mass is 10.0. The van der Waals surface area contributed by atoms with E-state index in [0.29, 0.717) is 25.7 Å². The lowest BCUT2D eigenvalue weighted by Gasteiger charge is -2.21. The van der Waals surface area contributed by atoms with Crippen LogP contribution in [-0.4, -0.2) is 96.7 Å². The summed E-state index contributed by atoms with van der Waals surface area (Å²) in [5.74, 6) is -2.11. The summed E-state index contributed by atoms with van der Waals surface area (Å²) in [7, 11) is -9.91. The third-order valence-corrected chi connectivity index (χ3v) is 20.8. The van der Waals surface area contributed by atoms with Crippen molar-refractivity contribution in [2.45, 2.75) is 451 Å². The first-order valence-electron chi connectivity index (χ1n) is 41.8. The van der Waals surface area contributed by atoms with Gasteiger partial charge in [0.15, 0.2) is 12.2 Å². The fraction of sp³-hybridized carbons (Fsp3) is 0.950. The molecule has 5 atom stereocenters. The number of carbonyl (C=O) groups excluding carboxylic acids is 4. The van der Waals surface area contributed by atoms with Gasteiger partial charge in [-0.3, -0.25) is 37.3 Å². The van der Waals surface area contributed by atoms with Crippen LogP contribution in [-0.2, 0) is 65.4 Å². The molecular weight excluding hydrogens is 1290 g/mol. The van der Waals surface area contributed by atoms with E-state index in [1.54, 1.807) is 0 Å². The van der Waals surface area contributed by atoms with Crippen molar-refractivity contribution in [3.8, 4) is 0 Å². The Morgan fingerprint density at radius 3 is 0.596 bits per heavy atom. The monoisotopic (exact) mass is 1450 g/mol. The van der Waals surface area contributed by atoms with Gasteiger partial charge in [0.05, 0.1) is 26.4 Å². The molecule has 0 spiro atoms. The number of carbonyl (C=O) groups is 4. The number of aliphatic hydroxyl groups is 1. The molecule has 3 N–H and O–H groups in total. The van der Waals surface area contributed by atoms with Crippen LogP contribution < -0.4 is 0 Å². The zero-order valence-corrected chi connectivity index (χ0v) is 66.3. The summed E-state index contributed by atoms with van der Waals surface area (Å²) in [4.78, 5) is 72.9. The molecule has 0 fully saturated rings. The highest BCUT2D eigenvalue weighted by molar-refractivity contribution is 7.47. The quantitative estimate of drug-likeness (QED) is 0.0222. The molecule has 0 saturated heterocycles. The maximum Gasteiger partial charge on any atom is 0.472 e. The van der Waals surface area contributed by atoms with Crippen LogP contribution in [0.2, 0.25) is 0 Å². The van der Waals surface area contributed by atoms with Crippen molar-refractivity contribution < 1.29 is 80.2 Å².